The molecule has 3 rings (SSSR count). The Hall–Kier alpha value is -2.40. The van der Waals surface area contributed by atoms with Crippen molar-refractivity contribution >= 4 is 39.2 Å². The molecule has 0 amide bonds. The van der Waals surface area contributed by atoms with Crippen molar-refractivity contribution < 1.29 is 9.34 Å². The molecule has 3 aromatic rings. The SMILES string of the molecule is O=c1c2cc(Cl)ccc2oc2ccc([N+](=O)[O-])cc12. The molecule has 0 saturated heterocycles. The van der Waals surface area contributed by atoms with Crippen LogP contribution in [0.1, 0.15) is 0 Å². The topological polar surface area (TPSA) is 73.3 Å². The zero-order valence-electron chi connectivity index (χ0n) is 9.42. The lowest BCUT2D eigenvalue weighted by molar-refractivity contribution is -0.384. The Morgan fingerprint density at radius 1 is 1.05 bits per heavy atom. The van der Waals surface area contributed by atoms with Crippen molar-refractivity contribution in [1.82, 2.24) is 0 Å². The van der Waals surface area contributed by atoms with E-state index in [1.807, 2.05) is 0 Å². The van der Waals surface area contributed by atoms with Gasteiger partial charge < -0.3 is 4.42 Å². The fraction of sp³-hybridized carbons (Fsp3) is 0. The predicted octanol–water partition coefficient (Wildman–Crippen LogP) is 3.51. The second-order valence-electron chi connectivity index (χ2n) is 4.01. The van der Waals surface area contributed by atoms with E-state index in [1.54, 1.807) is 12.1 Å². The van der Waals surface area contributed by atoms with Crippen LogP contribution in [0.3, 0.4) is 0 Å². The summed E-state index contributed by atoms with van der Waals surface area (Å²) in [5.41, 5.74) is 0.227. The van der Waals surface area contributed by atoms with Crippen molar-refractivity contribution in [1.29, 1.82) is 0 Å². The van der Waals surface area contributed by atoms with Crippen molar-refractivity contribution in [3.63, 3.8) is 0 Å². The van der Waals surface area contributed by atoms with Gasteiger partial charge in [-0.15, -0.1) is 0 Å². The number of rotatable bonds is 1. The number of fused-ring (bicyclic) bond motifs is 2. The van der Waals surface area contributed by atoms with Crippen LogP contribution in [0.25, 0.3) is 21.9 Å². The van der Waals surface area contributed by atoms with Crippen LogP contribution in [0.5, 0.6) is 0 Å². The molecule has 0 bridgehead atoms. The largest absolute Gasteiger partial charge is 0.456 e. The minimum absolute atomic E-state index is 0.152. The normalized spacial score (nSPS) is 11.0. The van der Waals surface area contributed by atoms with Crippen LogP contribution in [0.2, 0.25) is 5.02 Å². The van der Waals surface area contributed by atoms with E-state index < -0.39 is 4.92 Å². The summed E-state index contributed by atoms with van der Waals surface area (Å²) >= 11 is 5.83. The van der Waals surface area contributed by atoms with Crippen LogP contribution in [-0.4, -0.2) is 4.92 Å². The molecule has 0 aliphatic heterocycles. The van der Waals surface area contributed by atoms with Crippen LogP contribution in [0.4, 0.5) is 5.69 Å². The van der Waals surface area contributed by atoms with E-state index in [1.165, 1.54) is 24.3 Å². The van der Waals surface area contributed by atoms with E-state index in [2.05, 4.69) is 0 Å². The molecule has 94 valence electrons. The van der Waals surface area contributed by atoms with Crippen molar-refractivity contribution in [2.75, 3.05) is 0 Å². The van der Waals surface area contributed by atoms with Crippen LogP contribution < -0.4 is 5.43 Å². The van der Waals surface area contributed by atoms with Gasteiger partial charge in [0, 0.05) is 17.2 Å². The minimum Gasteiger partial charge on any atom is -0.456 e. The summed E-state index contributed by atoms with van der Waals surface area (Å²) in [5.74, 6) is 0. The van der Waals surface area contributed by atoms with Crippen LogP contribution in [0.15, 0.2) is 45.6 Å². The van der Waals surface area contributed by atoms with Gasteiger partial charge in [0.15, 0.2) is 0 Å². The monoisotopic (exact) mass is 275 g/mol. The molecule has 0 fully saturated rings. The first-order valence-corrected chi connectivity index (χ1v) is 5.74. The fourth-order valence-corrected chi connectivity index (χ4v) is 2.10. The van der Waals surface area contributed by atoms with Crippen molar-refractivity contribution in [3.05, 3.63) is 61.8 Å². The predicted molar refractivity (Wildman–Crippen MR) is 71.7 cm³/mol. The van der Waals surface area contributed by atoms with E-state index in [4.69, 9.17) is 16.0 Å². The zero-order valence-corrected chi connectivity index (χ0v) is 10.2. The smallest absolute Gasteiger partial charge is 0.270 e. The van der Waals surface area contributed by atoms with Gasteiger partial charge in [-0.1, -0.05) is 11.6 Å². The van der Waals surface area contributed by atoms with Crippen LogP contribution >= 0.6 is 11.6 Å². The second kappa shape index (κ2) is 4.07. The highest BCUT2D eigenvalue weighted by atomic mass is 35.5. The van der Waals surface area contributed by atoms with Gasteiger partial charge in [0.05, 0.1) is 15.7 Å². The van der Waals surface area contributed by atoms with E-state index in [0.29, 0.717) is 21.6 Å². The molecular formula is C13H6ClNO4. The van der Waals surface area contributed by atoms with Gasteiger partial charge >= 0.3 is 0 Å². The Morgan fingerprint density at radius 2 is 1.68 bits per heavy atom. The van der Waals surface area contributed by atoms with Gasteiger partial charge in [0.1, 0.15) is 11.2 Å². The minimum atomic E-state index is -0.555. The number of nitro groups is 1. The molecule has 0 atom stereocenters. The lowest BCUT2D eigenvalue weighted by Crippen LogP contribution is -2.02. The van der Waals surface area contributed by atoms with Crippen molar-refractivity contribution in [2.45, 2.75) is 0 Å². The maximum atomic E-state index is 12.3. The molecule has 5 nitrogen and oxygen atoms in total. The summed E-state index contributed by atoms with van der Waals surface area (Å²) in [4.78, 5) is 22.4. The fourth-order valence-electron chi connectivity index (χ4n) is 1.93. The number of hydrogen-bond donors (Lipinski definition) is 0. The zero-order chi connectivity index (χ0) is 13.6. The highest BCUT2D eigenvalue weighted by molar-refractivity contribution is 6.31. The molecule has 0 spiro atoms. The highest BCUT2D eigenvalue weighted by Crippen LogP contribution is 2.24. The Balaban J connectivity index is 2.48. The van der Waals surface area contributed by atoms with Gasteiger partial charge in [0.2, 0.25) is 5.43 Å². The highest BCUT2D eigenvalue weighted by Gasteiger charge is 2.12. The van der Waals surface area contributed by atoms with E-state index in [-0.39, 0.29) is 16.5 Å². The molecule has 0 unspecified atom stereocenters. The molecule has 0 aliphatic rings. The molecule has 1 aromatic heterocycles. The maximum Gasteiger partial charge on any atom is 0.270 e. The first-order valence-electron chi connectivity index (χ1n) is 5.37. The van der Waals surface area contributed by atoms with Gasteiger partial charge in [-0.3, -0.25) is 14.9 Å². The standard InChI is InChI=1S/C13H6ClNO4/c14-7-1-3-11-9(5-7)13(16)10-6-8(15(17)18)2-4-12(10)19-11/h1-6H. The van der Waals surface area contributed by atoms with Gasteiger partial charge in [-0.25, -0.2) is 0 Å². The molecule has 0 saturated carbocycles. The molecule has 1 heterocycles. The molecule has 0 aliphatic carbocycles. The summed E-state index contributed by atoms with van der Waals surface area (Å²) in [7, 11) is 0. The van der Waals surface area contributed by atoms with Gasteiger partial charge in [0.25, 0.3) is 5.69 Å². The average Bonchev–Trinajstić information content (AvgIpc) is 2.39. The Bertz CT molecular complexity index is 885. The number of nitro benzene ring substituents is 1. The summed E-state index contributed by atoms with van der Waals surface area (Å²) in [6, 6.07) is 8.63. The summed E-state index contributed by atoms with van der Waals surface area (Å²) in [6.45, 7) is 0. The molecule has 2 aromatic carbocycles. The van der Waals surface area contributed by atoms with Crippen LogP contribution in [-0.2, 0) is 0 Å². The number of non-ortho nitro benzene ring substituents is 1. The van der Waals surface area contributed by atoms with E-state index in [9.17, 15) is 14.9 Å². The molecule has 0 radical (unpaired) electrons. The van der Waals surface area contributed by atoms with Gasteiger partial charge in [-0.05, 0) is 24.3 Å². The van der Waals surface area contributed by atoms with Gasteiger partial charge in [-0.2, -0.15) is 0 Å². The summed E-state index contributed by atoms with van der Waals surface area (Å²) in [6.07, 6.45) is 0. The summed E-state index contributed by atoms with van der Waals surface area (Å²) < 4.78 is 5.54. The maximum absolute atomic E-state index is 12.3. The lowest BCUT2D eigenvalue weighted by Gasteiger charge is -2.01. The molecular weight excluding hydrogens is 270 g/mol. The Kier molecular flexibility index (Phi) is 2.50. The van der Waals surface area contributed by atoms with Crippen molar-refractivity contribution in [2.24, 2.45) is 0 Å². The Labute approximate surface area is 111 Å². The van der Waals surface area contributed by atoms with E-state index >= 15 is 0 Å². The second-order valence-corrected chi connectivity index (χ2v) is 4.45. The lowest BCUT2D eigenvalue weighted by atomic mass is 10.1. The number of halogens is 1. The summed E-state index contributed by atoms with van der Waals surface area (Å²) in [5, 5.41) is 11.6. The number of hydrogen-bond acceptors (Lipinski definition) is 4. The van der Waals surface area contributed by atoms with E-state index in [0.717, 1.165) is 0 Å². The average molecular weight is 276 g/mol. The third-order valence-corrected chi connectivity index (χ3v) is 3.06. The third-order valence-electron chi connectivity index (χ3n) is 2.82. The Morgan fingerprint density at radius 3 is 2.37 bits per heavy atom. The molecule has 6 heteroatoms. The first-order chi connectivity index (χ1) is 9.06. The third kappa shape index (κ3) is 1.84. The number of benzene rings is 2. The van der Waals surface area contributed by atoms with Crippen molar-refractivity contribution in [3.8, 4) is 0 Å². The molecule has 0 N–H and O–H groups in total. The molecule has 19 heavy (non-hydrogen) atoms. The number of nitrogens with zero attached hydrogens (tertiary/aromatic N) is 1. The van der Waals surface area contributed by atoms with Crippen LogP contribution in [0, 0.1) is 10.1 Å². The quantitative estimate of drug-likeness (QED) is 0.387. The first kappa shape index (κ1) is 11.7.